The van der Waals surface area contributed by atoms with Crippen LogP contribution < -0.4 is 0 Å². The molecule has 2 heterocycles. The molecule has 0 N–H and O–H groups in total. The zero-order valence-electron chi connectivity index (χ0n) is 13.4. The molecule has 3 nitrogen and oxygen atoms in total. The van der Waals surface area contributed by atoms with Crippen LogP contribution in [0.3, 0.4) is 0 Å². The molecule has 21 heavy (non-hydrogen) atoms. The van der Waals surface area contributed by atoms with Gasteiger partial charge in [0.1, 0.15) is 0 Å². The number of benzene rings is 1. The first kappa shape index (κ1) is 14.6. The van der Waals surface area contributed by atoms with Crippen LogP contribution in [0.5, 0.6) is 0 Å². The van der Waals surface area contributed by atoms with Crippen LogP contribution in [0.2, 0.25) is 0 Å². The second kappa shape index (κ2) is 5.45. The van der Waals surface area contributed by atoms with Crippen LogP contribution >= 0.6 is 0 Å². The summed E-state index contributed by atoms with van der Waals surface area (Å²) in [4.78, 5) is 16.7. The largest absolute Gasteiger partial charge is 0.342 e. The number of rotatable bonds is 3. The Morgan fingerprint density at radius 1 is 1.24 bits per heavy atom. The third kappa shape index (κ3) is 2.84. The lowest BCUT2D eigenvalue weighted by atomic mass is 9.78. The molecule has 2 aliphatic rings. The van der Waals surface area contributed by atoms with Gasteiger partial charge in [-0.05, 0) is 24.5 Å². The fraction of sp³-hybridized carbons (Fsp3) is 0.611. The number of hydrogen-bond acceptors (Lipinski definition) is 2. The molecule has 2 fully saturated rings. The van der Waals surface area contributed by atoms with Gasteiger partial charge in [-0.3, -0.25) is 9.69 Å². The first-order valence-corrected chi connectivity index (χ1v) is 8.05. The van der Waals surface area contributed by atoms with Crippen molar-refractivity contribution in [2.45, 2.75) is 33.7 Å². The number of amides is 1. The Morgan fingerprint density at radius 2 is 1.95 bits per heavy atom. The third-order valence-corrected chi connectivity index (χ3v) is 5.02. The maximum absolute atomic E-state index is 12.1. The second-order valence-electron chi connectivity index (χ2n) is 7.24. The van der Waals surface area contributed by atoms with Gasteiger partial charge in [0.2, 0.25) is 5.91 Å². The van der Waals surface area contributed by atoms with E-state index >= 15 is 0 Å². The van der Waals surface area contributed by atoms with Crippen molar-refractivity contribution in [3.05, 3.63) is 35.4 Å². The normalized spacial score (nSPS) is 21.0. The summed E-state index contributed by atoms with van der Waals surface area (Å²) in [5.74, 6) is 0.451. The van der Waals surface area contributed by atoms with Gasteiger partial charge in [-0.1, -0.05) is 38.1 Å². The SMILES string of the molecule is Cc1ccccc1CN1CC2(CCN(C(=O)C(C)C)C2)C1. The highest BCUT2D eigenvalue weighted by Crippen LogP contribution is 2.40. The van der Waals surface area contributed by atoms with Crippen molar-refractivity contribution in [3.8, 4) is 0 Å². The lowest BCUT2D eigenvalue weighted by Gasteiger charge is -2.48. The first-order chi connectivity index (χ1) is 9.99. The van der Waals surface area contributed by atoms with Crippen LogP contribution in [-0.4, -0.2) is 41.9 Å². The molecule has 0 radical (unpaired) electrons. The van der Waals surface area contributed by atoms with Crippen LogP contribution in [0.4, 0.5) is 0 Å². The van der Waals surface area contributed by atoms with E-state index in [1.807, 2.05) is 13.8 Å². The average molecular weight is 286 g/mol. The molecule has 3 heteroatoms. The number of nitrogens with zero attached hydrogens (tertiary/aromatic N) is 2. The Kier molecular flexibility index (Phi) is 3.78. The summed E-state index contributed by atoms with van der Waals surface area (Å²) in [7, 11) is 0. The van der Waals surface area contributed by atoms with E-state index in [1.165, 1.54) is 17.5 Å². The summed E-state index contributed by atoms with van der Waals surface area (Å²) < 4.78 is 0. The van der Waals surface area contributed by atoms with Crippen molar-refractivity contribution in [3.63, 3.8) is 0 Å². The Hall–Kier alpha value is -1.35. The van der Waals surface area contributed by atoms with Gasteiger partial charge in [-0.25, -0.2) is 0 Å². The third-order valence-electron chi connectivity index (χ3n) is 5.02. The van der Waals surface area contributed by atoms with Gasteiger partial charge in [0.05, 0.1) is 0 Å². The van der Waals surface area contributed by atoms with Crippen molar-refractivity contribution in [2.24, 2.45) is 11.3 Å². The minimum absolute atomic E-state index is 0.128. The van der Waals surface area contributed by atoms with Gasteiger partial charge < -0.3 is 4.90 Å². The highest BCUT2D eigenvalue weighted by atomic mass is 16.2. The standard InChI is InChI=1S/C18H26N2O/c1-14(2)17(21)20-9-8-18(13-20)11-19(12-18)10-16-7-5-4-6-15(16)3/h4-7,14H,8-13H2,1-3H3. The second-order valence-corrected chi connectivity index (χ2v) is 7.24. The van der Waals surface area contributed by atoms with Crippen molar-refractivity contribution in [1.29, 1.82) is 0 Å². The summed E-state index contributed by atoms with van der Waals surface area (Å²) in [5, 5.41) is 0. The zero-order valence-corrected chi connectivity index (χ0v) is 13.4. The number of carbonyl (C=O) groups excluding carboxylic acids is 1. The van der Waals surface area contributed by atoms with Crippen molar-refractivity contribution in [2.75, 3.05) is 26.2 Å². The minimum Gasteiger partial charge on any atom is -0.342 e. The molecule has 0 atom stereocenters. The van der Waals surface area contributed by atoms with Crippen molar-refractivity contribution in [1.82, 2.24) is 9.80 Å². The van der Waals surface area contributed by atoms with E-state index in [4.69, 9.17) is 0 Å². The summed E-state index contributed by atoms with van der Waals surface area (Å²) >= 11 is 0. The Bertz CT molecular complexity index is 532. The number of likely N-dealkylation sites (tertiary alicyclic amines) is 2. The summed E-state index contributed by atoms with van der Waals surface area (Å²) in [5.41, 5.74) is 3.19. The molecule has 0 saturated carbocycles. The molecule has 1 aromatic carbocycles. The summed E-state index contributed by atoms with van der Waals surface area (Å²) in [6.07, 6.45) is 1.18. The van der Waals surface area contributed by atoms with Crippen LogP contribution in [0.15, 0.2) is 24.3 Å². The molecule has 1 spiro atoms. The van der Waals surface area contributed by atoms with Crippen LogP contribution in [0.25, 0.3) is 0 Å². The first-order valence-electron chi connectivity index (χ1n) is 8.05. The molecule has 0 aliphatic carbocycles. The smallest absolute Gasteiger partial charge is 0.225 e. The minimum atomic E-state index is 0.128. The highest BCUT2D eigenvalue weighted by molar-refractivity contribution is 5.78. The van der Waals surface area contributed by atoms with E-state index in [-0.39, 0.29) is 5.92 Å². The molecular formula is C18H26N2O. The van der Waals surface area contributed by atoms with E-state index in [0.29, 0.717) is 11.3 Å². The van der Waals surface area contributed by atoms with Crippen LogP contribution in [0, 0.1) is 18.3 Å². The predicted octanol–water partition coefficient (Wildman–Crippen LogP) is 2.69. The van der Waals surface area contributed by atoms with Gasteiger partial charge in [-0.15, -0.1) is 0 Å². The molecule has 1 aromatic rings. The number of carbonyl (C=O) groups is 1. The highest BCUT2D eigenvalue weighted by Gasteiger charge is 2.48. The average Bonchev–Trinajstić information content (AvgIpc) is 2.85. The monoisotopic (exact) mass is 286 g/mol. The van der Waals surface area contributed by atoms with Gasteiger partial charge >= 0.3 is 0 Å². The molecule has 2 aliphatic heterocycles. The Balaban J connectivity index is 1.54. The molecular weight excluding hydrogens is 260 g/mol. The van der Waals surface area contributed by atoms with E-state index in [0.717, 1.165) is 32.7 Å². The van der Waals surface area contributed by atoms with Gasteiger partial charge in [0.15, 0.2) is 0 Å². The summed E-state index contributed by atoms with van der Waals surface area (Å²) in [6, 6.07) is 8.63. The molecule has 3 rings (SSSR count). The molecule has 0 bridgehead atoms. The molecule has 2 saturated heterocycles. The van der Waals surface area contributed by atoms with Gasteiger partial charge in [0, 0.05) is 44.1 Å². The van der Waals surface area contributed by atoms with E-state index < -0.39 is 0 Å². The molecule has 0 aromatic heterocycles. The summed E-state index contributed by atoms with van der Waals surface area (Å²) in [6.45, 7) is 11.4. The Labute approximate surface area is 127 Å². The lowest BCUT2D eigenvalue weighted by Crippen LogP contribution is -2.57. The number of hydrogen-bond donors (Lipinski definition) is 0. The predicted molar refractivity (Wildman–Crippen MR) is 84.9 cm³/mol. The fourth-order valence-electron chi connectivity index (χ4n) is 3.79. The molecule has 1 amide bonds. The van der Waals surface area contributed by atoms with Crippen LogP contribution in [-0.2, 0) is 11.3 Å². The molecule has 0 unspecified atom stereocenters. The van der Waals surface area contributed by atoms with Crippen molar-refractivity contribution < 1.29 is 4.79 Å². The van der Waals surface area contributed by atoms with Crippen molar-refractivity contribution >= 4 is 5.91 Å². The van der Waals surface area contributed by atoms with Crippen LogP contribution in [0.1, 0.15) is 31.4 Å². The maximum atomic E-state index is 12.1. The number of aryl methyl sites for hydroxylation is 1. The van der Waals surface area contributed by atoms with Gasteiger partial charge in [-0.2, -0.15) is 0 Å². The van der Waals surface area contributed by atoms with E-state index in [9.17, 15) is 4.79 Å². The Morgan fingerprint density at radius 3 is 2.62 bits per heavy atom. The maximum Gasteiger partial charge on any atom is 0.225 e. The van der Waals surface area contributed by atoms with E-state index in [2.05, 4.69) is 41.0 Å². The quantitative estimate of drug-likeness (QED) is 0.853. The van der Waals surface area contributed by atoms with Gasteiger partial charge in [0.25, 0.3) is 0 Å². The topological polar surface area (TPSA) is 23.6 Å². The zero-order chi connectivity index (χ0) is 15.0. The molecule has 114 valence electrons. The van der Waals surface area contributed by atoms with E-state index in [1.54, 1.807) is 0 Å². The lowest BCUT2D eigenvalue weighted by molar-refractivity contribution is -0.134. The fourth-order valence-corrected chi connectivity index (χ4v) is 3.79.